The lowest BCUT2D eigenvalue weighted by atomic mass is 9.97. The van der Waals surface area contributed by atoms with Crippen molar-refractivity contribution in [3.8, 4) is 0 Å². The molecule has 1 aromatic rings. The van der Waals surface area contributed by atoms with Crippen LogP contribution in [0.5, 0.6) is 0 Å². The Bertz CT molecular complexity index is 698. The van der Waals surface area contributed by atoms with Gasteiger partial charge in [-0.15, -0.1) is 0 Å². The second-order valence-electron chi connectivity index (χ2n) is 8.22. The predicted molar refractivity (Wildman–Crippen MR) is 110 cm³/mol. The first-order chi connectivity index (χ1) is 13.7. The fourth-order valence-electron chi connectivity index (χ4n) is 3.19. The third-order valence-corrected chi connectivity index (χ3v) is 4.70. The molecule has 2 rings (SSSR count). The van der Waals surface area contributed by atoms with Crippen molar-refractivity contribution in [2.24, 2.45) is 5.92 Å². The van der Waals surface area contributed by atoms with Crippen LogP contribution in [0.3, 0.4) is 0 Å². The number of nitrogens with one attached hydrogen (secondary N) is 2. The number of hydrogen-bond donors (Lipinski definition) is 2. The van der Waals surface area contributed by atoms with Gasteiger partial charge in [0.05, 0.1) is 12.7 Å². The highest BCUT2D eigenvalue weighted by molar-refractivity contribution is 5.95. The van der Waals surface area contributed by atoms with Gasteiger partial charge < -0.3 is 25.0 Å². The molecule has 162 valence electrons. The zero-order valence-electron chi connectivity index (χ0n) is 17.7. The van der Waals surface area contributed by atoms with E-state index >= 15 is 0 Å². The number of ether oxygens (including phenoxy) is 2. The van der Waals surface area contributed by atoms with Crippen LogP contribution in [0, 0.1) is 11.7 Å². The number of halogens is 1. The van der Waals surface area contributed by atoms with E-state index in [4.69, 9.17) is 9.47 Å². The number of rotatable bonds is 7. The van der Waals surface area contributed by atoms with Gasteiger partial charge in [0.2, 0.25) is 0 Å². The van der Waals surface area contributed by atoms with Crippen LogP contribution in [0.2, 0.25) is 0 Å². The normalized spacial score (nSPS) is 15.1. The molecule has 7 nitrogen and oxygen atoms in total. The maximum absolute atomic E-state index is 13.4. The summed E-state index contributed by atoms with van der Waals surface area (Å²) in [5, 5.41) is 6.53. The number of benzene rings is 1. The molecule has 1 aliphatic rings. The molecule has 1 heterocycles. The predicted octanol–water partition coefficient (Wildman–Crippen LogP) is 3.26. The largest absolute Gasteiger partial charge is 0.465 e. The Hall–Kier alpha value is -2.35. The second-order valence-corrected chi connectivity index (χ2v) is 8.22. The Kier molecular flexibility index (Phi) is 8.25. The Morgan fingerprint density at radius 3 is 2.52 bits per heavy atom. The van der Waals surface area contributed by atoms with Crippen LogP contribution in [-0.4, -0.2) is 62.4 Å². The van der Waals surface area contributed by atoms with E-state index in [1.54, 1.807) is 4.90 Å². The smallest absolute Gasteiger partial charge is 0.410 e. The third kappa shape index (κ3) is 7.53. The second kappa shape index (κ2) is 10.4. The number of esters is 1. The Morgan fingerprint density at radius 1 is 1.21 bits per heavy atom. The van der Waals surface area contributed by atoms with Gasteiger partial charge in [0.1, 0.15) is 11.4 Å². The highest BCUT2D eigenvalue weighted by atomic mass is 19.1. The summed E-state index contributed by atoms with van der Waals surface area (Å²) in [6.07, 6.45) is 1.63. The van der Waals surface area contributed by atoms with Crippen molar-refractivity contribution < 1.29 is 23.5 Å². The average molecular weight is 410 g/mol. The molecule has 1 aliphatic heterocycles. The molecule has 29 heavy (non-hydrogen) atoms. The zero-order valence-corrected chi connectivity index (χ0v) is 17.7. The van der Waals surface area contributed by atoms with Gasteiger partial charge in [-0.3, -0.25) is 0 Å². The lowest BCUT2D eigenvalue weighted by Crippen LogP contribution is -2.43. The van der Waals surface area contributed by atoms with Gasteiger partial charge in [-0.2, -0.15) is 0 Å². The summed E-state index contributed by atoms with van der Waals surface area (Å²) in [6.45, 7) is 9.17. The molecule has 0 unspecified atom stereocenters. The summed E-state index contributed by atoms with van der Waals surface area (Å²) in [5.74, 6) is -0.548. The number of likely N-dealkylation sites (tertiary alicyclic amines) is 1. The van der Waals surface area contributed by atoms with Gasteiger partial charge in [-0.1, -0.05) is 0 Å². The third-order valence-electron chi connectivity index (χ3n) is 4.70. The van der Waals surface area contributed by atoms with Crippen molar-refractivity contribution in [2.45, 2.75) is 39.2 Å². The van der Waals surface area contributed by atoms with E-state index in [1.165, 1.54) is 25.3 Å². The number of piperidine rings is 1. The van der Waals surface area contributed by atoms with Crippen molar-refractivity contribution in [1.82, 2.24) is 10.2 Å². The molecule has 0 radical (unpaired) electrons. The fourth-order valence-corrected chi connectivity index (χ4v) is 3.19. The molecular weight excluding hydrogens is 377 g/mol. The highest BCUT2D eigenvalue weighted by Crippen LogP contribution is 2.20. The number of methoxy groups -OCH3 is 1. The quantitative estimate of drug-likeness (QED) is 0.532. The molecule has 0 saturated carbocycles. The SMILES string of the molecule is COC(=O)c1cc(F)ccc1NCCNCC1CCN(C(=O)OC(C)(C)C)CC1. The van der Waals surface area contributed by atoms with Crippen molar-refractivity contribution in [1.29, 1.82) is 0 Å². The molecule has 1 aromatic carbocycles. The molecule has 8 heteroatoms. The van der Waals surface area contributed by atoms with Crippen LogP contribution in [0.1, 0.15) is 44.0 Å². The fraction of sp³-hybridized carbons (Fsp3) is 0.619. The molecule has 0 spiro atoms. The summed E-state index contributed by atoms with van der Waals surface area (Å²) in [7, 11) is 1.27. The number of amides is 1. The Morgan fingerprint density at radius 2 is 1.90 bits per heavy atom. The Labute approximate surface area is 171 Å². The van der Waals surface area contributed by atoms with E-state index in [0.717, 1.165) is 19.4 Å². The molecule has 0 aliphatic carbocycles. The first kappa shape index (κ1) is 22.9. The van der Waals surface area contributed by atoms with Gasteiger partial charge in [0.25, 0.3) is 0 Å². The molecular formula is C21H32FN3O4. The van der Waals surface area contributed by atoms with Crippen molar-refractivity contribution in [3.05, 3.63) is 29.6 Å². The number of carbonyl (C=O) groups is 2. The van der Waals surface area contributed by atoms with Crippen molar-refractivity contribution in [3.63, 3.8) is 0 Å². The monoisotopic (exact) mass is 409 g/mol. The van der Waals surface area contributed by atoms with E-state index in [9.17, 15) is 14.0 Å². The molecule has 1 amide bonds. The van der Waals surface area contributed by atoms with Crippen LogP contribution in [0.4, 0.5) is 14.9 Å². The highest BCUT2D eigenvalue weighted by Gasteiger charge is 2.26. The number of anilines is 1. The number of hydrogen-bond acceptors (Lipinski definition) is 6. The minimum atomic E-state index is -0.572. The van der Waals surface area contributed by atoms with Crippen molar-refractivity contribution >= 4 is 17.7 Å². The summed E-state index contributed by atoms with van der Waals surface area (Å²) in [5.41, 5.74) is 0.258. The maximum Gasteiger partial charge on any atom is 0.410 e. The van der Waals surface area contributed by atoms with E-state index < -0.39 is 17.4 Å². The minimum absolute atomic E-state index is 0.182. The standard InChI is InChI=1S/C21H32FN3O4/c1-21(2,3)29-20(27)25-11-7-15(8-12-25)14-23-9-10-24-18-6-5-16(22)13-17(18)19(26)28-4/h5-6,13,15,23-24H,7-12,14H2,1-4H3. The molecule has 1 saturated heterocycles. The lowest BCUT2D eigenvalue weighted by molar-refractivity contribution is 0.0184. The van der Waals surface area contributed by atoms with Crippen LogP contribution in [0.25, 0.3) is 0 Å². The Balaban J connectivity index is 1.67. The number of carbonyl (C=O) groups excluding carboxylic acids is 2. The molecule has 0 bridgehead atoms. The molecule has 2 N–H and O–H groups in total. The summed E-state index contributed by atoms with van der Waals surface area (Å²) in [6, 6.07) is 4.01. The minimum Gasteiger partial charge on any atom is -0.465 e. The van der Waals surface area contributed by atoms with Gasteiger partial charge in [-0.25, -0.2) is 14.0 Å². The van der Waals surface area contributed by atoms with E-state index in [2.05, 4.69) is 10.6 Å². The summed E-state index contributed by atoms with van der Waals surface area (Å²) >= 11 is 0. The molecule has 0 atom stereocenters. The van der Waals surface area contributed by atoms with E-state index in [0.29, 0.717) is 37.8 Å². The van der Waals surface area contributed by atoms with E-state index in [-0.39, 0.29) is 11.7 Å². The van der Waals surface area contributed by atoms with Gasteiger partial charge in [0.15, 0.2) is 0 Å². The van der Waals surface area contributed by atoms with E-state index in [1.807, 2.05) is 20.8 Å². The molecule has 0 aromatic heterocycles. The van der Waals surface area contributed by atoms with Gasteiger partial charge >= 0.3 is 12.1 Å². The van der Waals surface area contributed by atoms with Crippen LogP contribution in [-0.2, 0) is 9.47 Å². The van der Waals surface area contributed by atoms with Crippen molar-refractivity contribution in [2.75, 3.05) is 45.2 Å². The van der Waals surface area contributed by atoms with Crippen LogP contribution < -0.4 is 10.6 Å². The topological polar surface area (TPSA) is 79.9 Å². The van der Waals surface area contributed by atoms with Crippen LogP contribution >= 0.6 is 0 Å². The lowest BCUT2D eigenvalue weighted by Gasteiger charge is -2.33. The first-order valence-electron chi connectivity index (χ1n) is 10.00. The summed E-state index contributed by atoms with van der Waals surface area (Å²) in [4.78, 5) is 25.6. The van der Waals surface area contributed by atoms with Gasteiger partial charge in [0, 0.05) is 31.9 Å². The zero-order chi connectivity index (χ0) is 21.4. The first-order valence-corrected chi connectivity index (χ1v) is 10.00. The maximum atomic E-state index is 13.4. The number of nitrogens with zero attached hydrogens (tertiary/aromatic N) is 1. The van der Waals surface area contributed by atoms with Gasteiger partial charge in [-0.05, 0) is 64.3 Å². The van der Waals surface area contributed by atoms with Crippen LogP contribution in [0.15, 0.2) is 18.2 Å². The average Bonchev–Trinajstić information content (AvgIpc) is 2.67. The summed E-state index contributed by atoms with van der Waals surface area (Å²) < 4.78 is 23.5. The molecule has 1 fully saturated rings.